The van der Waals surface area contributed by atoms with Crippen molar-refractivity contribution in [3.63, 3.8) is 0 Å². The summed E-state index contributed by atoms with van der Waals surface area (Å²) in [5.41, 5.74) is 0.428. The molecule has 1 rings (SSSR count). The minimum atomic E-state index is -0.170. The van der Waals surface area contributed by atoms with Gasteiger partial charge in [0.1, 0.15) is 12.2 Å². The first-order chi connectivity index (χ1) is 8.45. The topological polar surface area (TPSA) is 53.5 Å². The maximum Gasteiger partial charge on any atom is 0.273 e. The van der Waals surface area contributed by atoms with Crippen LogP contribution in [0.15, 0.2) is 5.38 Å². The molecule has 1 aromatic heterocycles. The number of nitrogens with zero attached hydrogens (tertiary/aromatic N) is 3. The minimum absolute atomic E-state index is 0.0799. The van der Waals surface area contributed by atoms with Gasteiger partial charge in [-0.25, -0.2) is 4.98 Å². The number of amides is 2. The lowest BCUT2D eigenvalue weighted by molar-refractivity contribution is -0.129. The zero-order valence-electron chi connectivity index (χ0n) is 11.3. The molecule has 1 aromatic rings. The van der Waals surface area contributed by atoms with Crippen LogP contribution >= 0.6 is 11.3 Å². The molecule has 0 aliphatic rings. The molecular weight excluding hydrogens is 250 g/mol. The molecule has 18 heavy (non-hydrogen) atoms. The first kappa shape index (κ1) is 14.6. The molecule has 0 unspecified atom stereocenters. The summed E-state index contributed by atoms with van der Waals surface area (Å²) in [5.74, 6) is -0.250. The molecular formula is C12H19N3O2S. The van der Waals surface area contributed by atoms with Crippen molar-refractivity contribution in [3.8, 4) is 0 Å². The monoisotopic (exact) mass is 269 g/mol. The summed E-state index contributed by atoms with van der Waals surface area (Å²) in [6.45, 7) is 4.51. The molecule has 0 spiro atoms. The Labute approximate surface area is 111 Å². The summed E-state index contributed by atoms with van der Waals surface area (Å²) in [5, 5.41) is 2.59. The lowest BCUT2D eigenvalue weighted by Crippen LogP contribution is -2.40. The van der Waals surface area contributed by atoms with Crippen molar-refractivity contribution in [2.24, 2.45) is 0 Å². The van der Waals surface area contributed by atoms with Crippen LogP contribution in [-0.2, 0) is 4.79 Å². The van der Waals surface area contributed by atoms with Gasteiger partial charge in [-0.3, -0.25) is 9.59 Å². The van der Waals surface area contributed by atoms with Crippen LogP contribution < -0.4 is 0 Å². The molecule has 0 bridgehead atoms. The van der Waals surface area contributed by atoms with Crippen molar-refractivity contribution in [2.45, 2.75) is 20.3 Å². The van der Waals surface area contributed by atoms with Crippen molar-refractivity contribution in [1.82, 2.24) is 14.8 Å². The number of aryl methyl sites for hydroxylation is 1. The molecule has 100 valence electrons. The van der Waals surface area contributed by atoms with E-state index in [9.17, 15) is 9.59 Å². The molecule has 6 heteroatoms. The number of hydrogen-bond donors (Lipinski definition) is 0. The van der Waals surface area contributed by atoms with E-state index < -0.39 is 0 Å². The van der Waals surface area contributed by atoms with Gasteiger partial charge in [0.15, 0.2) is 0 Å². The lowest BCUT2D eigenvalue weighted by atomic mass is 10.3. The normalized spacial score (nSPS) is 10.2. The Bertz CT molecular complexity index is 429. The third kappa shape index (κ3) is 3.80. The summed E-state index contributed by atoms with van der Waals surface area (Å²) >= 11 is 1.44. The summed E-state index contributed by atoms with van der Waals surface area (Å²) in [6.07, 6.45) is 0.815. The molecule has 0 aliphatic heterocycles. The van der Waals surface area contributed by atoms with Crippen molar-refractivity contribution in [3.05, 3.63) is 16.1 Å². The Morgan fingerprint density at radius 2 is 2.06 bits per heavy atom. The van der Waals surface area contributed by atoms with Crippen LogP contribution in [0.2, 0.25) is 0 Å². The van der Waals surface area contributed by atoms with Crippen LogP contribution in [0.3, 0.4) is 0 Å². The fourth-order valence-corrected chi connectivity index (χ4v) is 2.04. The molecule has 0 saturated heterocycles. The second kappa shape index (κ2) is 6.49. The average Bonchev–Trinajstić information content (AvgIpc) is 2.74. The molecule has 0 aliphatic carbocycles. The van der Waals surface area contributed by atoms with Crippen LogP contribution in [0.5, 0.6) is 0 Å². The van der Waals surface area contributed by atoms with E-state index in [1.54, 1.807) is 24.4 Å². The predicted molar refractivity (Wildman–Crippen MR) is 71.7 cm³/mol. The first-order valence-electron chi connectivity index (χ1n) is 5.87. The first-order valence-corrected chi connectivity index (χ1v) is 6.75. The van der Waals surface area contributed by atoms with Gasteiger partial charge in [0.05, 0.1) is 5.01 Å². The van der Waals surface area contributed by atoms with E-state index in [-0.39, 0.29) is 18.4 Å². The molecule has 2 amide bonds. The number of aromatic nitrogens is 1. The summed E-state index contributed by atoms with van der Waals surface area (Å²) in [4.78, 5) is 31.1. The SMILES string of the molecule is CCCN(CC(=O)N(C)C)C(=O)c1csc(C)n1. The highest BCUT2D eigenvalue weighted by Crippen LogP contribution is 2.11. The Morgan fingerprint density at radius 3 is 2.50 bits per heavy atom. The quantitative estimate of drug-likeness (QED) is 0.811. The Kier molecular flexibility index (Phi) is 5.27. The maximum absolute atomic E-state index is 12.2. The fourth-order valence-electron chi connectivity index (χ4n) is 1.45. The van der Waals surface area contributed by atoms with Crippen molar-refractivity contribution < 1.29 is 9.59 Å². The standard InChI is InChI=1S/C12H19N3O2S/c1-5-6-15(7-11(16)14(3)4)12(17)10-8-18-9(2)13-10/h8H,5-7H2,1-4H3. The van der Waals surface area contributed by atoms with Gasteiger partial charge in [-0.05, 0) is 13.3 Å². The minimum Gasteiger partial charge on any atom is -0.347 e. The molecule has 0 radical (unpaired) electrons. The van der Waals surface area contributed by atoms with Crippen LogP contribution in [0.1, 0.15) is 28.8 Å². The Hall–Kier alpha value is -1.43. The van der Waals surface area contributed by atoms with E-state index in [2.05, 4.69) is 4.98 Å². The third-order valence-electron chi connectivity index (χ3n) is 2.44. The molecule has 5 nitrogen and oxygen atoms in total. The van der Waals surface area contributed by atoms with E-state index in [0.29, 0.717) is 12.2 Å². The number of hydrogen-bond acceptors (Lipinski definition) is 4. The smallest absolute Gasteiger partial charge is 0.273 e. The van der Waals surface area contributed by atoms with E-state index in [1.165, 1.54) is 16.2 Å². The largest absolute Gasteiger partial charge is 0.347 e. The van der Waals surface area contributed by atoms with Gasteiger partial charge >= 0.3 is 0 Å². The van der Waals surface area contributed by atoms with Gasteiger partial charge < -0.3 is 9.80 Å². The highest BCUT2D eigenvalue weighted by Gasteiger charge is 2.20. The van der Waals surface area contributed by atoms with Gasteiger partial charge in [0, 0.05) is 26.0 Å². The Morgan fingerprint density at radius 1 is 1.39 bits per heavy atom. The second-order valence-electron chi connectivity index (χ2n) is 4.27. The molecule has 0 aromatic carbocycles. The predicted octanol–water partition coefficient (Wildman–Crippen LogP) is 1.39. The molecule has 0 N–H and O–H groups in total. The summed E-state index contributed by atoms with van der Waals surface area (Å²) in [6, 6.07) is 0. The second-order valence-corrected chi connectivity index (χ2v) is 5.33. The van der Waals surface area contributed by atoms with Crippen LogP contribution in [0.25, 0.3) is 0 Å². The van der Waals surface area contributed by atoms with E-state index >= 15 is 0 Å². The number of thiazole rings is 1. The average molecular weight is 269 g/mol. The molecule has 0 fully saturated rings. The number of carbonyl (C=O) groups is 2. The third-order valence-corrected chi connectivity index (χ3v) is 3.22. The number of likely N-dealkylation sites (N-methyl/N-ethyl adjacent to an activating group) is 1. The number of rotatable bonds is 5. The highest BCUT2D eigenvalue weighted by atomic mass is 32.1. The van der Waals surface area contributed by atoms with Crippen molar-refractivity contribution in [2.75, 3.05) is 27.2 Å². The Balaban J connectivity index is 2.78. The highest BCUT2D eigenvalue weighted by molar-refractivity contribution is 7.09. The summed E-state index contributed by atoms with van der Waals surface area (Å²) < 4.78 is 0. The van der Waals surface area contributed by atoms with Gasteiger partial charge in [-0.2, -0.15) is 0 Å². The van der Waals surface area contributed by atoms with Gasteiger partial charge in [-0.15, -0.1) is 11.3 Å². The van der Waals surface area contributed by atoms with Crippen LogP contribution in [0, 0.1) is 6.92 Å². The lowest BCUT2D eigenvalue weighted by Gasteiger charge is -2.22. The van der Waals surface area contributed by atoms with Crippen molar-refractivity contribution in [1.29, 1.82) is 0 Å². The zero-order chi connectivity index (χ0) is 13.7. The summed E-state index contributed by atoms with van der Waals surface area (Å²) in [7, 11) is 3.37. The van der Waals surface area contributed by atoms with Gasteiger partial charge in [0.2, 0.25) is 5.91 Å². The maximum atomic E-state index is 12.2. The van der Waals surface area contributed by atoms with Crippen LogP contribution in [0.4, 0.5) is 0 Å². The van der Waals surface area contributed by atoms with E-state index in [4.69, 9.17) is 0 Å². The zero-order valence-corrected chi connectivity index (χ0v) is 12.1. The molecule has 0 saturated carbocycles. The molecule has 0 atom stereocenters. The van der Waals surface area contributed by atoms with Crippen molar-refractivity contribution >= 4 is 23.2 Å². The fraction of sp³-hybridized carbons (Fsp3) is 0.583. The van der Waals surface area contributed by atoms with E-state index in [0.717, 1.165) is 11.4 Å². The van der Waals surface area contributed by atoms with Gasteiger partial charge in [0.25, 0.3) is 5.91 Å². The number of carbonyl (C=O) groups excluding carboxylic acids is 2. The molecule has 1 heterocycles. The van der Waals surface area contributed by atoms with E-state index in [1.807, 2.05) is 13.8 Å². The van der Waals surface area contributed by atoms with Crippen LogP contribution in [-0.4, -0.2) is 53.8 Å². The van der Waals surface area contributed by atoms with Gasteiger partial charge in [-0.1, -0.05) is 6.92 Å².